The smallest absolute Gasteiger partial charge is 0.244 e. The summed E-state index contributed by atoms with van der Waals surface area (Å²) < 4.78 is 5.45. The molecule has 0 saturated carbocycles. The van der Waals surface area contributed by atoms with Crippen molar-refractivity contribution in [2.24, 2.45) is 0 Å². The molecule has 1 saturated heterocycles. The molecule has 1 amide bonds. The molecule has 21 heavy (non-hydrogen) atoms. The lowest BCUT2D eigenvalue weighted by Gasteiger charge is -2.29. The Bertz CT molecular complexity index is 487. The van der Waals surface area contributed by atoms with Crippen LogP contribution in [0.25, 0.3) is 0 Å². The van der Waals surface area contributed by atoms with Crippen LogP contribution in [0.3, 0.4) is 0 Å². The van der Waals surface area contributed by atoms with Crippen molar-refractivity contribution in [3.8, 4) is 5.88 Å². The number of carbonyl (C=O) groups is 1. The highest BCUT2D eigenvalue weighted by molar-refractivity contribution is 5.84. The molecule has 1 fully saturated rings. The van der Waals surface area contributed by atoms with Gasteiger partial charge in [-0.1, -0.05) is 0 Å². The lowest BCUT2D eigenvalue weighted by molar-refractivity contribution is -0.132. The van der Waals surface area contributed by atoms with Crippen molar-refractivity contribution in [2.45, 2.75) is 46.1 Å². The van der Waals surface area contributed by atoms with Crippen LogP contribution in [0.2, 0.25) is 0 Å². The van der Waals surface area contributed by atoms with Gasteiger partial charge in [0.05, 0.1) is 12.2 Å². The highest BCUT2D eigenvalue weighted by Gasteiger charge is 2.23. The predicted octanol–water partition coefficient (Wildman–Crippen LogP) is 2.00. The zero-order chi connectivity index (χ0) is 15.2. The molecule has 0 aliphatic carbocycles. The van der Waals surface area contributed by atoms with Crippen molar-refractivity contribution in [3.05, 3.63) is 11.9 Å². The fourth-order valence-electron chi connectivity index (χ4n) is 2.52. The van der Waals surface area contributed by atoms with E-state index >= 15 is 0 Å². The Labute approximate surface area is 125 Å². The molecule has 2 heterocycles. The molecule has 6 heteroatoms. The van der Waals surface area contributed by atoms with Gasteiger partial charge < -0.3 is 15.0 Å². The number of hydrogen-bond donors (Lipinski definition) is 1. The summed E-state index contributed by atoms with van der Waals surface area (Å²) in [5.41, 5.74) is 0.831. The minimum absolute atomic E-state index is 0.130. The lowest BCUT2D eigenvalue weighted by atomic mass is 10.1. The summed E-state index contributed by atoms with van der Waals surface area (Å²) in [4.78, 5) is 22.7. The Balaban J connectivity index is 2.03. The first-order valence-corrected chi connectivity index (χ1v) is 7.63. The molecular formula is C15H24N4O2. The molecule has 1 aliphatic rings. The van der Waals surface area contributed by atoms with E-state index in [0.29, 0.717) is 18.3 Å². The van der Waals surface area contributed by atoms with Gasteiger partial charge in [-0.2, -0.15) is 0 Å². The Morgan fingerprint density at radius 1 is 1.38 bits per heavy atom. The number of anilines is 1. The third-order valence-corrected chi connectivity index (χ3v) is 3.71. The number of aromatic nitrogens is 2. The van der Waals surface area contributed by atoms with Crippen LogP contribution in [0.5, 0.6) is 5.88 Å². The number of nitrogens with zero attached hydrogens (tertiary/aromatic N) is 3. The zero-order valence-electron chi connectivity index (χ0n) is 13.1. The number of nitrogens with one attached hydrogen (secondary N) is 1. The van der Waals surface area contributed by atoms with Gasteiger partial charge in [0.2, 0.25) is 11.8 Å². The van der Waals surface area contributed by atoms with Gasteiger partial charge in [-0.05, 0) is 40.0 Å². The van der Waals surface area contributed by atoms with Gasteiger partial charge in [-0.25, -0.2) is 9.97 Å². The Morgan fingerprint density at radius 3 is 2.76 bits per heavy atom. The highest BCUT2D eigenvalue weighted by Crippen LogP contribution is 2.21. The Kier molecular flexibility index (Phi) is 5.36. The molecule has 0 aromatic carbocycles. The maximum Gasteiger partial charge on any atom is 0.244 e. The van der Waals surface area contributed by atoms with Crippen molar-refractivity contribution >= 4 is 11.7 Å². The van der Waals surface area contributed by atoms with E-state index < -0.39 is 0 Å². The molecule has 1 N–H and O–H groups in total. The van der Waals surface area contributed by atoms with E-state index in [9.17, 15) is 4.79 Å². The molecule has 1 aliphatic heterocycles. The summed E-state index contributed by atoms with van der Waals surface area (Å²) in [6.07, 6.45) is 4.87. The molecule has 1 atom stereocenters. The Hall–Kier alpha value is -1.85. The number of ether oxygens (including phenoxy) is 1. The molecule has 2 rings (SSSR count). The van der Waals surface area contributed by atoms with Crippen molar-refractivity contribution in [1.29, 1.82) is 0 Å². The van der Waals surface area contributed by atoms with Gasteiger partial charge in [-0.15, -0.1) is 0 Å². The average molecular weight is 292 g/mol. The number of likely N-dealkylation sites (tertiary alicyclic amines) is 1. The Morgan fingerprint density at radius 2 is 2.10 bits per heavy atom. The van der Waals surface area contributed by atoms with Crippen LogP contribution < -0.4 is 10.1 Å². The number of hydrogen-bond acceptors (Lipinski definition) is 5. The normalized spacial score (nSPS) is 16.4. The molecule has 116 valence electrons. The van der Waals surface area contributed by atoms with Crippen molar-refractivity contribution in [2.75, 3.05) is 25.0 Å². The largest absolute Gasteiger partial charge is 0.478 e. The molecule has 0 bridgehead atoms. The van der Waals surface area contributed by atoms with E-state index in [-0.39, 0.29) is 11.9 Å². The topological polar surface area (TPSA) is 67.4 Å². The van der Waals surface area contributed by atoms with Gasteiger partial charge in [-0.3, -0.25) is 4.79 Å². The second-order valence-corrected chi connectivity index (χ2v) is 5.34. The van der Waals surface area contributed by atoms with Crippen LogP contribution in [-0.4, -0.2) is 46.5 Å². The van der Waals surface area contributed by atoms with Crippen LogP contribution in [0.15, 0.2) is 6.33 Å². The summed E-state index contributed by atoms with van der Waals surface area (Å²) in [6, 6.07) is -0.300. The van der Waals surface area contributed by atoms with Crippen LogP contribution in [-0.2, 0) is 4.79 Å². The van der Waals surface area contributed by atoms with E-state index in [1.54, 1.807) is 0 Å². The third kappa shape index (κ3) is 3.83. The monoisotopic (exact) mass is 292 g/mol. The van der Waals surface area contributed by atoms with Crippen molar-refractivity contribution in [1.82, 2.24) is 14.9 Å². The van der Waals surface area contributed by atoms with E-state index in [1.165, 1.54) is 12.7 Å². The first kappa shape index (κ1) is 15.5. The number of amides is 1. The van der Waals surface area contributed by atoms with E-state index in [2.05, 4.69) is 15.3 Å². The molecule has 1 aromatic heterocycles. The summed E-state index contributed by atoms with van der Waals surface area (Å²) >= 11 is 0. The maximum absolute atomic E-state index is 12.4. The summed E-state index contributed by atoms with van der Waals surface area (Å²) in [5, 5.41) is 3.18. The van der Waals surface area contributed by atoms with Gasteiger partial charge in [0.1, 0.15) is 18.2 Å². The molecule has 0 spiro atoms. The molecular weight excluding hydrogens is 268 g/mol. The fourth-order valence-corrected chi connectivity index (χ4v) is 2.52. The van der Waals surface area contributed by atoms with Crippen LogP contribution in [0.4, 0.5) is 5.82 Å². The summed E-state index contributed by atoms with van der Waals surface area (Å²) in [6.45, 7) is 7.95. The first-order valence-electron chi connectivity index (χ1n) is 7.63. The first-order chi connectivity index (χ1) is 10.1. The minimum Gasteiger partial charge on any atom is -0.478 e. The standard InChI is InChI=1S/C15H24N4O2/c1-4-21-14-11(2)13(16-10-17-14)18-12(3)15(20)19-8-6-5-7-9-19/h10,12H,4-9H2,1-3H3,(H,16,17,18). The minimum atomic E-state index is -0.300. The average Bonchev–Trinajstić information content (AvgIpc) is 2.51. The van der Waals surface area contributed by atoms with Crippen molar-refractivity contribution < 1.29 is 9.53 Å². The van der Waals surface area contributed by atoms with Crippen molar-refractivity contribution in [3.63, 3.8) is 0 Å². The number of carbonyl (C=O) groups excluding carboxylic acids is 1. The summed E-state index contributed by atoms with van der Waals surface area (Å²) in [5.74, 6) is 1.35. The SMILES string of the molecule is CCOc1ncnc(NC(C)C(=O)N2CCCCC2)c1C. The second-order valence-electron chi connectivity index (χ2n) is 5.34. The fraction of sp³-hybridized carbons (Fsp3) is 0.667. The molecule has 0 radical (unpaired) electrons. The number of rotatable bonds is 5. The third-order valence-electron chi connectivity index (χ3n) is 3.71. The van der Waals surface area contributed by atoms with Crippen LogP contribution >= 0.6 is 0 Å². The lowest BCUT2D eigenvalue weighted by Crippen LogP contribution is -2.44. The predicted molar refractivity (Wildman–Crippen MR) is 81.5 cm³/mol. The van der Waals surface area contributed by atoms with Gasteiger partial charge >= 0.3 is 0 Å². The highest BCUT2D eigenvalue weighted by atomic mass is 16.5. The van der Waals surface area contributed by atoms with E-state index in [1.807, 2.05) is 25.7 Å². The quantitative estimate of drug-likeness (QED) is 0.899. The van der Waals surface area contributed by atoms with Gasteiger partial charge in [0.25, 0.3) is 0 Å². The molecule has 1 unspecified atom stereocenters. The zero-order valence-corrected chi connectivity index (χ0v) is 13.1. The van der Waals surface area contributed by atoms with Gasteiger partial charge in [0, 0.05) is 13.1 Å². The van der Waals surface area contributed by atoms with Crippen LogP contribution in [0, 0.1) is 6.92 Å². The van der Waals surface area contributed by atoms with Crippen LogP contribution in [0.1, 0.15) is 38.7 Å². The van der Waals surface area contributed by atoms with E-state index in [4.69, 9.17) is 4.74 Å². The maximum atomic E-state index is 12.4. The number of piperidine rings is 1. The molecule has 1 aromatic rings. The summed E-state index contributed by atoms with van der Waals surface area (Å²) in [7, 11) is 0. The van der Waals surface area contributed by atoms with E-state index in [0.717, 1.165) is 31.5 Å². The van der Waals surface area contributed by atoms with Gasteiger partial charge in [0.15, 0.2) is 0 Å². The molecule has 6 nitrogen and oxygen atoms in total. The second kappa shape index (κ2) is 7.24.